The Morgan fingerprint density at radius 3 is 2.72 bits per heavy atom. The topological polar surface area (TPSA) is 46.9 Å². The highest BCUT2D eigenvalue weighted by Gasteiger charge is 2.03. The molecule has 2 rings (SSSR count). The van der Waals surface area contributed by atoms with Crippen LogP contribution in [0.2, 0.25) is 0 Å². The maximum absolute atomic E-state index is 12.7. The molecule has 0 radical (unpaired) electrons. The molecule has 4 nitrogen and oxygen atoms in total. The third-order valence-corrected chi connectivity index (χ3v) is 2.49. The van der Waals surface area contributed by atoms with Crippen molar-refractivity contribution in [2.75, 3.05) is 5.32 Å². The zero-order valence-electron chi connectivity index (χ0n) is 10.1. The molecule has 94 valence electrons. The molecular weight excluding hydrogens is 233 g/mol. The van der Waals surface area contributed by atoms with Gasteiger partial charge in [0.1, 0.15) is 5.82 Å². The second kappa shape index (κ2) is 5.44. The second-order valence-electron chi connectivity index (χ2n) is 3.93. The van der Waals surface area contributed by atoms with Crippen LogP contribution < -0.4 is 5.32 Å². The number of halogens is 1. The molecule has 0 bridgehead atoms. The SMILES string of the molecule is CCC(=O)Nc1ccn(Cc2ccc(F)cc2)n1. The average molecular weight is 247 g/mol. The summed E-state index contributed by atoms with van der Waals surface area (Å²) in [6, 6.07) is 7.98. The van der Waals surface area contributed by atoms with Gasteiger partial charge >= 0.3 is 0 Å². The van der Waals surface area contributed by atoms with Crippen molar-refractivity contribution in [2.24, 2.45) is 0 Å². The molecule has 1 heterocycles. The molecule has 1 aromatic carbocycles. The van der Waals surface area contributed by atoms with Gasteiger partial charge in [0.25, 0.3) is 0 Å². The number of carbonyl (C=O) groups excluding carboxylic acids is 1. The number of carbonyl (C=O) groups is 1. The van der Waals surface area contributed by atoms with Crippen LogP contribution in [0.3, 0.4) is 0 Å². The highest BCUT2D eigenvalue weighted by Crippen LogP contribution is 2.07. The Bertz CT molecular complexity index is 533. The van der Waals surface area contributed by atoms with Crippen LogP contribution in [0.1, 0.15) is 18.9 Å². The van der Waals surface area contributed by atoms with Gasteiger partial charge in [-0.05, 0) is 17.7 Å². The van der Waals surface area contributed by atoms with Gasteiger partial charge in [-0.25, -0.2) is 4.39 Å². The van der Waals surface area contributed by atoms with Crippen LogP contribution in [0.4, 0.5) is 10.2 Å². The van der Waals surface area contributed by atoms with E-state index in [1.54, 1.807) is 36.0 Å². The second-order valence-corrected chi connectivity index (χ2v) is 3.93. The first kappa shape index (κ1) is 12.3. The molecule has 0 spiro atoms. The largest absolute Gasteiger partial charge is 0.309 e. The fraction of sp³-hybridized carbons (Fsp3) is 0.231. The van der Waals surface area contributed by atoms with E-state index in [-0.39, 0.29) is 11.7 Å². The van der Waals surface area contributed by atoms with Crippen molar-refractivity contribution in [1.82, 2.24) is 9.78 Å². The molecule has 1 aromatic heterocycles. The number of hydrogen-bond donors (Lipinski definition) is 1. The Morgan fingerprint density at radius 1 is 1.33 bits per heavy atom. The minimum atomic E-state index is -0.255. The molecule has 0 atom stereocenters. The van der Waals surface area contributed by atoms with Gasteiger partial charge in [-0.2, -0.15) is 5.10 Å². The first-order chi connectivity index (χ1) is 8.67. The zero-order valence-corrected chi connectivity index (χ0v) is 10.1. The summed E-state index contributed by atoms with van der Waals surface area (Å²) in [5.74, 6) is 0.209. The summed E-state index contributed by atoms with van der Waals surface area (Å²) < 4.78 is 14.4. The monoisotopic (exact) mass is 247 g/mol. The van der Waals surface area contributed by atoms with E-state index in [0.29, 0.717) is 18.8 Å². The molecule has 18 heavy (non-hydrogen) atoms. The Balaban J connectivity index is 2.02. The minimum absolute atomic E-state index is 0.0676. The summed E-state index contributed by atoms with van der Waals surface area (Å²) in [5, 5.41) is 6.88. The molecule has 5 heteroatoms. The van der Waals surface area contributed by atoms with Gasteiger partial charge in [0.05, 0.1) is 6.54 Å². The standard InChI is InChI=1S/C13H14FN3O/c1-2-13(18)15-12-7-8-17(16-12)9-10-3-5-11(14)6-4-10/h3-8H,2,9H2,1H3,(H,15,16,18). The van der Waals surface area contributed by atoms with Gasteiger partial charge in [0.15, 0.2) is 5.82 Å². The number of nitrogens with zero attached hydrogens (tertiary/aromatic N) is 2. The maximum Gasteiger partial charge on any atom is 0.225 e. The van der Waals surface area contributed by atoms with Crippen molar-refractivity contribution < 1.29 is 9.18 Å². The van der Waals surface area contributed by atoms with Gasteiger partial charge in [-0.3, -0.25) is 9.48 Å². The fourth-order valence-electron chi connectivity index (χ4n) is 1.52. The number of benzene rings is 1. The van der Waals surface area contributed by atoms with Crippen LogP contribution in [0, 0.1) is 5.82 Å². The van der Waals surface area contributed by atoms with E-state index in [0.717, 1.165) is 5.56 Å². The van der Waals surface area contributed by atoms with E-state index < -0.39 is 0 Å². The highest BCUT2D eigenvalue weighted by atomic mass is 19.1. The summed E-state index contributed by atoms with van der Waals surface area (Å²) in [4.78, 5) is 11.2. The minimum Gasteiger partial charge on any atom is -0.309 e. The third kappa shape index (κ3) is 3.16. The van der Waals surface area contributed by atoms with E-state index in [2.05, 4.69) is 10.4 Å². The molecule has 0 aliphatic heterocycles. The lowest BCUT2D eigenvalue weighted by Gasteiger charge is -2.02. The van der Waals surface area contributed by atoms with Gasteiger partial charge in [0.2, 0.25) is 5.91 Å². The summed E-state index contributed by atoms with van der Waals surface area (Å²) in [6.07, 6.45) is 2.19. The summed E-state index contributed by atoms with van der Waals surface area (Å²) in [7, 11) is 0. The molecule has 0 unspecified atom stereocenters. The molecule has 0 fully saturated rings. The van der Waals surface area contributed by atoms with Gasteiger partial charge in [-0.1, -0.05) is 19.1 Å². The van der Waals surface area contributed by atoms with Crippen LogP contribution in [0.15, 0.2) is 36.5 Å². The summed E-state index contributed by atoms with van der Waals surface area (Å²) in [5.41, 5.74) is 0.952. The van der Waals surface area contributed by atoms with Crippen molar-refractivity contribution >= 4 is 11.7 Å². The lowest BCUT2D eigenvalue weighted by atomic mass is 10.2. The lowest BCUT2D eigenvalue weighted by molar-refractivity contribution is -0.115. The number of aromatic nitrogens is 2. The van der Waals surface area contributed by atoms with E-state index >= 15 is 0 Å². The molecule has 2 aromatic rings. The molecule has 0 aliphatic carbocycles. The summed E-state index contributed by atoms with van der Waals surface area (Å²) >= 11 is 0. The molecule has 1 amide bonds. The number of anilines is 1. The molecule has 1 N–H and O–H groups in total. The van der Waals surface area contributed by atoms with Gasteiger partial charge in [0, 0.05) is 18.7 Å². The van der Waals surface area contributed by atoms with Crippen LogP contribution in [0.5, 0.6) is 0 Å². The van der Waals surface area contributed by atoms with E-state index in [1.165, 1.54) is 12.1 Å². The van der Waals surface area contributed by atoms with Crippen LogP contribution in [-0.2, 0) is 11.3 Å². The molecule has 0 saturated heterocycles. The molecule has 0 saturated carbocycles. The molecule has 0 aliphatic rings. The third-order valence-electron chi connectivity index (χ3n) is 2.49. The Kier molecular flexibility index (Phi) is 3.72. The Labute approximate surface area is 104 Å². The van der Waals surface area contributed by atoms with Crippen molar-refractivity contribution in [2.45, 2.75) is 19.9 Å². The van der Waals surface area contributed by atoms with E-state index in [4.69, 9.17) is 0 Å². The van der Waals surface area contributed by atoms with Crippen molar-refractivity contribution in [3.05, 3.63) is 47.9 Å². The number of hydrogen-bond acceptors (Lipinski definition) is 2. The van der Waals surface area contributed by atoms with Crippen molar-refractivity contribution in [1.29, 1.82) is 0 Å². The Morgan fingerprint density at radius 2 is 2.06 bits per heavy atom. The predicted molar refractivity (Wildman–Crippen MR) is 66.6 cm³/mol. The number of rotatable bonds is 4. The van der Waals surface area contributed by atoms with Crippen molar-refractivity contribution in [3.8, 4) is 0 Å². The number of nitrogens with one attached hydrogen (secondary N) is 1. The smallest absolute Gasteiger partial charge is 0.225 e. The first-order valence-corrected chi connectivity index (χ1v) is 5.75. The van der Waals surface area contributed by atoms with Gasteiger partial charge in [-0.15, -0.1) is 0 Å². The van der Waals surface area contributed by atoms with E-state index in [1.807, 2.05) is 0 Å². The maximum atomic E-state index is 12.7. The van der Waals surface area contributed by atoms with Crippen LogP contribution in [0.25, 0.3) is 0 Å². The van der Waals surface area contributed by atoms with Gasteiger partial charge < -0.3 is 5.32 Å². The summed E-state index contributed by atoms with van der Waals surface area (Å²) in [6.45, 7) is 2.33. The van der Waals surface area contributed by atoms with E-state index in [9.17, 15) is 9.18 Å². The Hall–Kier alpha value is -2.17. The highest BCUT2D eigenvalue weighted by molar-refractivity contribution is 5.89. The quantitative estimate of drug-likeness (QED) is 0.901. The number of amides is 1. The van der Waals surface area contributed by atoms with Crippen LogP contribution >= 0.6 is 0 Å². The predicted octanol–water partition coefficient (Wildman–Crippen LogP) is 2.42. The van der Waals surface area contributed by atoms with Crippen LogP contribution in [-0.4, -0.2) is 15.7 Å². The lowest BCUT2D eigenvalue weighted by Crippen LogP contribution is -2.10. The zero-order chi connectivity index (χ0) is 13.0. The fourth-order valence-corrected chi connectivity index (χ4v) is 1.52. The first-order valence-electron chi connectivity index (χ1n) is 5.75. The molecular formula is C13H14FN3O. The normalized spacial score (nSPS) is 10.3. The average Bonchev–Trinajstić information content (AvgIpc) is 2.79. The van der Waals surface area contributed by atoms with Crippen molar-refractivity contribution in [3.63, 3.8) is 0 Å².